The van der Waals surface area contributed by atoms with Gasteiger partial charge in [-0.2, -0.15) is 0 Å². The number of hydrogen-bond donors (Lipinski definition) is 2. The summed E-state index contributed by atoms with van der Waals surface area (Å²) in [7, 11) is 1.67. The second kappa shape index (κ2) is 4.02. The van der Waals surface area contributed by atoms with E-state index >= 15 is 0 Å². The molecule has 1 rings (SSSR count). The normalized spacial score (nSPS) is 15.2. The average Bonchev–Trinajstić information content (AvgIpc) is 2.09. The Morgan fingerprint density at radius 2 is 2.00 bits per heavy atom. The van der Waals surface area contributed by atoms with Gasteiger partial charge in [-0.3, -0.25) is 0 Å². The van der Waals surface area contributed by atoms with Crippen LogP contribution < -0.4 is 5.32 Å². The molecule has 2 N–H and O–H groups in total. The van der Waals surface area contributed by atoms with Crippen molar-refractivity contribution in [2.45, 2.75) is 12.5 Å². The number of rotatable bonds is 3. The standard InChI is InChI=1S/C10H13F2NO/c1-10(14,6-13-2)7-3-4-8(11)9(12)5-7/h3-5,13-14H,6H2,1-2H3. The van der Waals surface area contributed by atoms with Gasteiger partial charge in [0.1, 0.15) is 0 Å². The van der Waals surface area contributed by atoms with Crippen LogP contribution in [-0.4, -0.2) is 18.7 Å². The van der Waals surface area contributed by atoms with Crippen molar-refractivity contribution >= 4 is 0 Å². The van der Waals surface area contributed by atoms with Gasteiger partial charge in [0.15, 0.2) is 11.6 Å². The van der Waals surface area contributed by atoms with Gasteiger partial charge in [-0.15, -0.1) is 0 Å². The minimum atomic E-state index is -1.19. The van der Waals surface area contributed by atoms with E-state index in [-0.39, 0.29) is 6.54 Å². The maximum atomic E-state index is 12.8. The summed E-state index contributed by atoms with van der Waals surface area (Å²) in [5.41, 5.74) is -0.839. The van der Waals surface area contributed by atoms with Crippen molar-refractivity contribution in [2.75, 3.05) is 13.6 Å². The van der Waals surface area contributed by atoms with Crippen molar-refractivity contribution in [1.82, 2.24) is 5.32 Å². The van der Waals surface area contributed by atoms with Crippen LogP contribution in [0.15, 0.2) is 18.2 Å². The molecule has 1 aromatic rings. The van der Waals surface area contributed by atoms with E-state index < -0.39 is 17.2 Å². The van der Waals surface area contributed by atoms with Gasteiger partial charge in [-0.05, 0) is 31.7 Å². The Morgan fingerprint density at radius 3 is 2.50 bits per heavy atom. The molecule has 0 aliphatic carbocycles. The zero-order valence-electron chi connectivity index (χ0n) is 8.14. The van der Waals surface area contributed by atoms with E-state index in [4.69, 9.17) is 0 Å². The van der Waals surface area contributed by atoms with Crippen molar-refractivity contribution in [3.8, 4) is 0 Å². The summed E-state index contributed by atoms with van der Waals surface area (Å²) in [6, 6.07) is 3.39. The second-order valence-electron chi connectivity index (χ2n) is 3.43. The van der Waals surface area contributed by atoms with E-state index in [9.17, 15) is 13.9 Å². The molecule has 0 aliphatic rings. The summed E-state index contributed by atoms with van der Waals surface area (Å²) in [5, 5.41) is 12.6. The third kappa shape index (κ3) is 2.27. The number of benzene rings is 1. The zero-order valence-corrected chi connectivity index (χ0v) is 8.14. The van der Waals surface area contributed by atoms with Gasteiger partial charge in [0, 0.05) is 6.54 Å². The molecular weight excluding hydrogens is 188 g/mol. The van der Waals surface area contributed by atoms with Crippen LogP contribution in [0.5, 0.6) is 0 Å². The molecule has 0 aromatic heterocycles. The Balaban J connectivity index is 3.01. The summed E-state index contributed by atoms with van der Waals surface area (Å²) < 4.78 is 25.4. The fraction of sp³-hybridized carbons (Fsp3) is 0.400. The van der Waals surface area contributed by atoms with E-state index in [1.54, 1.807) is 7.05 Å². The van der Waals surface area contributed by atoms with Crippen molar-refractivity contribution < 1.29 is 13.9 Å². The van der Waals surface area contributed by atoms with E-state index in [0.29, 0.717) is 5.56 Å². The van der Waals surface area contributed by atoms with Crippen LogP contribution in [0, 0.1) is 11.6 Å². The quantitative estimate of drug-likeness (QED) is 0.774. The first-order chi connectivity index (χ1) is 6.47. The highest BCUT2D eigenvalue weighted by atomic mass is 19.2. The highest BCUT2D eigenvalue weighted by Crippen LogP contribution is 2.21. The van der Waals surface area contributed by atoms with Crippen LogP contribution in [0.25, 0.3) is 0 Å². The van der Waals surface area contributed by atoms with Gasteiger partial charge in [-0.1, -0.05) is 6.07 Å². The summed E-state index contributed by atoms with van der Waals surface area (Å²) in [5.74, 6) is -1.85. The smallest absolute Gasteiger partial charge is 0.159 e. The number of likely N-dealkylation sites (N-methyl/N-ethyl adjacent to an activating group) is 1. The fourth-order valence-electron chi connectivity index (χ4n) is 1.28. The zero-order chi connectivity index (χ0) is 10.8. The Hall–Kier alpha value is -1.00. The molecule has 0 amide bonds. The van der Waals surface area contributed by atoms with Crippen LogP contribution in [0.1, 0.15) is 12.5 Å². The Bertz CT molecular complexity index is 326. The lowest BCUT2D eigenvalue weighted by molar-refractivity contribution is 0.0587. The van der Waals surface area contributed by atoms with E-state index in [2.05, 4.69) is 5.32 Å². The van der Waals surface area contributed by atoms with Crippen LogP contribution in [0.4, 0.5) is 8.78 Å². The molecule has 0 heterocycles. The first kappa shape index (κ1) is 11.1. The Kier molecular flexibility index (Phi) is 3.18. The van der Waals surface area contributed by atoms with Gasteiger partial charge in [0.05, 0.1) is 5.60 Å². The monoisotopic (exact) mass is 201 g/mol. The molecule has 0 radical (unpaired) electrons. The summed E-state index contributed by atoms with van der Waals surface area (Å²) >= 11 is 0. The van der Waals surface area contributed by atoms with E-state index in [1.807, 2.05) is 0 Å². The lowest BCUT2D eigenvalue weighted by atomic mass is 9.96. The van der Waals surface area contributed by atoms with Crippen molar-refractivity contribution in [2.24, 2.45) is 0 Å². The maximum absolute atomic E-state index is 12.8. The largest absolute Gasteiger partial charge is 0.384 e. The predicted molar refractivity (Wildman–Crippen MR) is 49.9 cm³/mol. The first-order valence-electron chi connectivity index (χ1n) is 4.30. The molecule has 0 spiro atoms. The predicted octanol–water partition coefficient (Wildman–Crippen LogP) is 1.39. The third-order valence-electron chi connectivity index (χ3n) is 2.06. The number of hydrogen-bond acceptors (Lipinski definition) is 2. The molecule has 0 aliphatic heterocycles. The maximum Gasteiger partial charge on any atom is 0.159 e. The van der Waals surface area contributed by atoms with E-state index in [1.165, 1.54) is 13.0 Å². The van der Waals surface area contributed by atoms with Crippen LogP contribution >= 0.6 is 0 Å². The Morgan fingerprint density at radius 1 is 1.36 bits per heavy atom. The molecule has 1 unspecified atom stereocenters. The number of aliphatic hydroxyl groups is 1. The second-order valence-corrected chi connectivity index (χ2v) is 3.43. The molecule has 14 heavy (non-hydrogen) atoms. The summed E-state index contributed by atoms with van der Waals surface area (Å²) in [6.45, 7) is 1.81. The van der Waals surface area contributed by atoms with Crippen molar-refractivity contribution in [1.29, 1.82) is 0 Å². The molecule has 4 heteroatoms. The van der Waals surface area contributed by atoms with Crippen LogP contribution in [0.2, 0.25) is 0 Å². The molecule has 78 valence electrons. The molecule has 1 aromatic carbocycles. The first-order valence-corrected chi connectivity index (χ1v) is 4.30. The van der Waals surface area contributed by atoms with E-state index in [0.717, 1.165) is 12.1 Å². The molecule has 1 atom stereocenters. The SMILES string of the molecule is CNCC(C)(O)c1ccc(F)c(F)c1. The lowest BCUT2D eigenvalue weighted by Gasteiger charge is -2.23. The highest BCUT2D eigenvalue weighted by Gasteiger charge is 2.23. The number of nitrogens with one attached hydrogen (secondary N) is 1. The highest BCUT2D eigenvalue weighted by molar-refractivity contribution is 5.23. The molecular formula is C10H13F2NO. The minimum absolute atomic E-state index is 0.276. The van der Waals surface area contributed by atoms with Crippen molar-refractivity contribution in [3.05, 3.63) is 35.4 Å². The van der Waals surface area contributed by atoms with Crippen LogP contribution in [0.3, 0.4) is 0 Å². The molecule has 0 saturated heterocycles. The van der Waals surface area contributed by atoms with Gasteiger partial charge >= 0.3 is 0 Å². The fourth-order valence-corrected chi connectivity index (χ4v) is 1.28. The molecule has 2 nitrogen and oxygen atoms in total. The van der Waals surface area contributed by atoms with Gasteiger partial charge < -0.3 is 10.4 Å². The summed E-state index contributed by atoms with van der Waals surface area (Å²) in [4.78, 5) is 0. The van der Waals surface area contributed by atoms with Gasteiger partial charge in [-0.25, -0.2) is 8.78 Å². The third-order valence-corrected chi connectivity index (χ3v) is 2.06. The minimum Gasteiger partial charge on any atom is -0.384 e. The van der Waals surface area contributed by atoms with Gasteiger partial charge in [0.2, 0.25) is 0 Å². The molecule has 0 fully saturated rings. The van der Waals surface area contributed by atoms with Crippen LogP contribution in [-0.2, 0) is 5.60 Å². The average molecular weight is 201 g/mol. The molecule has 0 saturated carbocycles. The number of halogens is 2. The van der Waals surface area contributed by atoms with Crippen molar-refractivity contribution in [3.63, 3.8) is 0 Å². The van der Waals surface area contributed by atoms with Gasteiger partial charge in [0.25, 0.3) is 0 Å². The summed E-state index contributed by atoms with van der Waals surface area (Å²) in [6.07, 6.45) is 0. The Labute approximate surface area is 81.6 Å². The topological polar surface area (TPSA) is 32.3 Å². The lowest BCUT2D eigenvalue weighted by Crippen LogP contribution is -2.33. The molecule has 0 bridgehead atoms.